The minimum Gasteiger partial charge on any atom is -0.228 e. The zero-order valence-electron chi connectivity index (χ0n) is 32.8. The number of hydrogen-bond acceptors (Lipinski definition) is 3. The van der Waals surface area contributed by atoms with Crippen molar-refractivity contribution in [3.05, 3.63) is 228 Å². The number of benzene rings is 9. The van der Waals surface area contributed by atoms with E-state index in [1.54, 1.807) is 0 Å². The van der Waals surface area contributed by atoms with Crippen LogP contribution in [-0.2, 0) is 10.8 Å². The van der Waals surface area contributed by atoms with E-state index in [-0.39, 0.29) is 5.41 Å². The quantitative estimate of drug-likeness (QED) is 0.167. The molecule has 0 atom stereocenters. The molecule has 3 heteroatoms. The maximum absolute atomic E-state index is 5.36. The highest BCUT2D eigenvalue weighted by molar-refractivity contribution is 7.99. The van der Waals surface area contributed by atoms with Gasteiger partial charge in [0.25, 0.3) is 0 Å². The fourth-order valence-corrected chi connectivity index (χ4v) is 11.5. The van der Waals surface area contributed by atoms with Crippen LogP contribution in [0.3, 0.4) is 0 Å². The third-order valence-corrected chi connectivity index (χ3v) is 14.1. The predicted molar refractivity (Wildman–Crippen MR) is 245 cm³/mol. The van der Waals surface area contributed by atoms with Gasteiger partial charge in [-0.3, -0.25) is 0 Å². The summed E-state index contributed by atoms with van der Waals surface area (Å²) < 4.78 is 0. The Balaban J connectivity index is 1.10. The molecule has 0 saturated carbocycles. The molecule has 9 aromatic carbocycles. The first-order chi connectivity index (χ1) is 29.0. The molecule has 1 aliphatic heterocycles. The van der Waals surface area contributed by atoms with Crippen molar-refractivity contribution in [2.45, 2.75) is 34.5 Å². The lowest BCUT2D eigenvalue weighted by molar-refractivity contribution is 0.549. The van der Waals surface area contributed by atoms with Crippen molar-refractivity contribution in [1.82, 2.24) is 9.97 Å². The predicted octanol–water partition coefficient (Wildman–Crippen LogP) is 14.4. The number of fused-ring (bicyclic) bond motifs is 14. The number of nitrogens with zero attached hydrogens (tertiary/aromatic N) is 2. The van der Waals surface area contributed by atoms with Crippen LogP contribution in [0.2, 0.25) is 0 Å². The van der Waals surface area contributed by atoms with Crippen molar-refractivity contribution in [2.24, 2.45) is 0 Å². The van der Waals surface area contributed by atoms with E-state index in [0.717, 1.165) is 28.1 Å². The molecule has 2 aliphatic rings. The molecule has 59 heavy (non-hydrogen) atoms. The van der Waals surface area contributed by atoms with Gasteiger partial charge in [0, 0.05) is 31.9 Å². The topological polar surface area (TPSA) is 25.8 Å². The Bertz CT molecular complexity index is 3260. The van der Waals surface area contributed by atoms with Crippen LogP contribution in [0.1, 0.15) is 47.2 Å². The Morgan fingerprint density at radius 2 is 0.797 bits per heavy atom. The summed E-state index contributed by atoms with van der Waals surface area (Å²) in [5.41, 5.74) is 12.2. The highest BCUT2D eigenvalue weighted by Gasteiger charge is 2.52. The van der Waals surface area contributed by atoms with Crippen LogP contribution in [0.5, 0.6) is 0 Å². The van der Waals surface area contributed by atoms with Crippen LogP contribution in [0, 0.1) is 0 Å². The molecular weight excluding hydrogens is 733 g/mol. The van der Waals surface area contributed by atoms with E-state index in [4.69, 9.17) is 9.97 Å². The molecule has 12 rings (SSSR count). The van der Waals surface area contributed by atoms with Gasteiger partial charge < -0.3 is 0 Å². The normalized spacial score (nSPS) is 14.5. The lowest BCUT2D eigenvalue weighted by Gasteiger charge is -2.50. The van der Waals surface area contributed by atoms with E-state index < -0.39 is 5.41 Å². The van der Waals surface area contributed by atoms with Gasteiger partial charge in [-0.25, -0.2) is 9.97 Å². The molecule has 1 spiro atoms. The van der Waals surface area contributed by atoms with Crippen molar-refractivity contribution in [1.29, 1.82) is 0 Å². The van der Waals surface area contributed by atoms with Crippen LogP contribution < -0.4 is 0 Å². The van der Waals surface area contributed by atoms with E-state index in [1.165, 1.54) is 75.5 Å². The minimum absolute atomic E-state index is 0.276. The van der Waals surface area contributed by atoms with E-state index >= 15 is 0 Å². The minimum atomic E-state index is -0.470. The summed E-state index contributed by atoms with van der Waals surface area (Å²) in [7, 11) is 0. The van der Waals surface area contributed by atoms with E-state index in [9.17, 15) is 0 Å². The highest BCUT2D eigenvalue weighted by Crippen LogP contribution is 2.61. The van der Waals surface area contributed by atoms with E-state index in [1.807, 2.05) is 17.8 Å². The maximum atomic E-state index is 5.36. The summed E-state index contributed by atoms with van der Waals surface area (Å²) in [5.74, 6) is 0.715. The standard InChI is InChI=1S/C56H38N2S/c1-55(2)44-22-10-11-23-45(44)56(47-24-12-14-26-52(47)59-53-27-15-13-25-48(53)56)46-31-29-37(33-49(46)55)51-34-50(57-54(58-51)35-16-4-3-5-17-35)36-28-30-42-40-20-7-6-18-38(40)39-19-8-9-21-41(39)43(42)32-36/h3-34H,1-2H3. The third-order valence-electron chi connectivity index (χ3n) is 13.0. The third kappa shape index (κ3) is 4.95. The second kappa shape index (κ2) is 12.8. The Morgan fingerprint density at radius 1 is 0.339 bits per heavy atom. The molecule has 0 N–H and O–H groups in total. The Kier molecular flexibility index (Phi) is 7.46. The average Bonchev–Trinajstić information content (AvgIpc) is 3.30. The molecule has 2 heterocycles. The molecule has 0 radical (unpaired) electrons. The van der Waals surface area contributed by atoms with Crippen LogP contribution in [0.4, 0.5) is 0 Å². The Labute approximate surface area is 348 Å². The second-order valence-electron chi connectivity index (χ2n) is 16.5. The summed E-state index contributed by atoms with van der Waals surface area (Å²) in [6.07, 6.45) is 0. The summed E-state index contributed by atoms with van der Waals surface area (Å²) in [6.45, 7) is 4.78. The van der Waals surface area contributed by atoms with Crippen LogP contribution in [0.15, 0.2) is 204 Å². The van der Waals surface area contributed by atoms with Crippen molar-refractivity contribution in [2.75, 3.05) is 0 Å². The Morgan fingerprint density at radius 3 is 1.42 bits per heavy atom. The van der Waals surface area contributed by atoms with Gasteiger partial charge in [0.2, 0.25) is 0 Å². The van der Waals surface area contributed by atoms with E-state index in [2.05, 4.69) is 202 Å². The van der Waals surface area contributed by atoms with Crippen LogP contribution >= 0.6 is 11.8 Å². The highest BCUT2D eigenvalue weighted by atomic mass is 32.2. The van der Waals surface area contributed by atoms with Gasteiger partial charge in [0.15, 0.2) is 5.82 Å². The summed E-state index contributed by atoms with van der Waals surface area (Å²) >= 11 is 1.88. The molecule has 1 aromatic heterocycles. The molecule has 0 saturated heterocycles. The largest absolute Gasteiger partial charge is 0.228 e. The van der Waals surface area contributed by atoms with E-state index in [0.29, 0.717) is 5.82 Å². The zero-order chi connectivity index (χ0) is 39.3. The van der Waals surface area contributed by atoms with Crippen molar-refractivity contribution >= 4 is 44.1 Å². The fourth-order valence-electron chi connectivity index (χ4n) is 10.3. The first kappa shape index (κ1) is 34.3. The van der Waals surface area contributed by atoms with Crippen LogP contribution in [-0.4, -0.2) is 9.97 Å². The van der Waals surface area contributed by atoms with Gasteiger partial charge in [0.1, 0.15) is 0 Å². The van der Waals surface area contributed by atoms with Gasteiger partial charge in [-0.2, -0.15) is 0 Å². The number of rotatable bonds is 3. The molecule has 0 fully saturated rings. The average molecular weight is 771 g/mol. The van der Waals surface area contributed by atoms with Crippen molar-refractivity contribution < 1.29 is 0 Å². The van der Waals surface area contributed by atoms with Crippen LogP contribution in [0.25, 0.3) is 66.2 Å². The molecule has 10 aromatic rings. The Hall–Kier alpha value is -6.81. The fraction of sp³-hybridized carbons (Fsp3) is 0.0714. The van der Waals surface area contributed by atoms with Gasteiger partial charge in [0.05, 0.1) is 16.8 Å². The van der Waals surface area contributed by atoms with Gasteiger partial charge >= 0.3 is 0 Å². The lowest BCUT2D eigenvalue weighted by atomic mass is 9.54. The molecule has 0 bridgehead atoms. The summed E-state index contributed by atoms with van der Waals surface area (Å²) in [5, 5.41) is 7.52. The zero-order valence-corrected chi connectivity index (χ0v) is 33.6. The smallest absolute Gasteiger partial charge is 0.160 e. The molecule has 0 unspecified atom stereocenters. The van der Waals surface area contributed by atoms with Crippen molar-refractivity contribution in [3.8, 4) is 33.9 Å². The molecule has 1 aliphatic carbocycles. The molecule has 0 amide bonds. The monoisotopic (exact) mass is 770 g/mol. The lowest BCUT2D eigenvalue weighted by Crippen LogP contribution is -2.43. The maximum Gasteiger partial charge on any atom is 0.160 e. The van der Waals surface area contributed by atoms with Crippen molar-refractivity contribution in [3.63, 3.8) is 0 Å². The van der Waals surface area contributed by atoms with Gasteiger partial charge in [-0.05, 0) is 96.0 Å². The molecular formula is C56H38N2S. The summed E-state index contributed by atoms with van der Waals surface area (Å²) in [4.78, 5) is 13.3. The molecule has 2 nitrogen and oxygen atoms in total. The van der Waals surface area contributed by atoms with Gasteiger partial charge in [-0.15, -0.1) is 0 Å². The van der Waals surface area contributed by atoms with Gasteiger partial charge in [-0.1, -0.05) is 189 Å². The SMILES string of the molecule is CC1(C)c2ccccc2C2(c3ccccc3Sc3ccccc32)c2ccc(-c3cc(-c4ccc5c6ccccc6c6ccccc6c5c4)nc(-c4ccccc4)n3)cc21. The summed E-state index contributed by atoms with van der Waals surface area (Å²) in [6, 6.07) is 71.3. The molecule has 278 valence electrons. The number of aromatic nitrogens is 2. The second-order valence-corrected chi connectivity index (χ2v) is 17.5. The first-order valence-corrected chi connectivity index (χ1v) is 21.2. The first-order valence-electron chi connectivity index (χ1n) is 20.4. The number of hydrogen-bond donors (Lipinski definition) is 0.